The van der Waals surface area contributed by atoms with Gasteiger partial charge in [0, 0.05) is 25.3 Å². The van der Waals surface area contributed by atoms with Crippen LogP contribution in [0.15, 0.2) is 66.7 Å². The van der Waals surface area contributed by atoms with Crippen LogP contribution in [0.2, 0.25) is 0 Å². The second-order valence-electron chi connectivity index (χ2n) is 10.4. The van der Waals surface area contributed by atoms with Crippen LogP contribution in [-0.2, 0) is 24.4 Å². The van der Waals surface area contributed by atoms with Crippen molar-refractivity contribution in [2.24, 2.45) is 0 Å². The summed E-state index contributed by atoms with van der Waals surface area (Å²) in [5, 5.41) is 18.4. The van der Waals surface area contributed by atoms with Gasteiger partial charge in [-0.05, 0) is 66.4 Å². The molecule has 208 valence electrons. The summed E-state index contributed by atoms with van der Waals surface area (Å²) in [6, 6.07) is 19.2. The molecule has 1 fully saturated rings. The Morgan fingerprint density at radius 1 is 1.20 bits per heavy atom. The predicted octanol–water partition coefficient (Wildman–Crippen LogP) is 5.40. The summed E-state index contributed by atoms with van der Waals surface area (Å²) in [6.45, 7) is 3.73. The lowest BCUT2D eigenvalue weighted by Crippen LogP contribution is -2.33. The van der Waals surface area contributed by atoms with Gasteiger partial charge in [-0.25, -0.2) is 14.2 Å². The zero-order valence-electron chi connectivity index (χ0n) is 22.4. The molecular formula is C32H29FN4O4. The van der Waals surface area contributed by atoms with Crippen molar-refractivity contribution in [3.63, 3.8) is 0 Å². The van der Waals surface area contributed by atoms with E-state index in [-0.39, 0.29) is 23.8 Å². The first kappa shape index (κ1) is 26.7. The molecule has 1 aromatic heterocycles. The SMILES string of the molecule is N#Cc1ccc(COc2cccc(C3=CCN(Cc4nc5ccc(C(=O)O)cc5n4CC4CCO4)CC3)c2)c(F)c1. The summed E-state index contributed by atoms with van der Waals surface area (Å²) in [4.78, 5) is 18.8. The molecule has 41 heavy (non-hydrogen) atoms. The number of aromatic carboxylic acids is 1. The van der Waals surface area contributed by atoms with E-state index >= 15 is 0 Å². The van der Waals surface area contributed by atoms with Crippen LogP contribution in [0.5, 0.6) is 5.75 Å². The van der Waals surface area contributed by atoms with Crippen molar-refractivity contribution < 1.29 is 23.8 Å². The van der Waals surface area contributed by atoms with Crippen LogP contribution >= 0.6 is 0 Å². The lowest BCUT2D eigenvalue weighted by molar-refractivity contribution is -0.0591. The van der Waals surface area contributed by atoms with Crippen LogP contribution < -0.4 is 4.74 Å². The number of rotatable bonds is 9. The Morgan fingerprint density at radius 3 is 2.78 bits per heavy atom. The van der Waals surface area contributed by atoms with E-state index in [1.165, 1.54) is 11.6 Å². The molecule has 0 aliphatic carbocycles. The van der Waals surface area contributed by atoms with E-state index in [0.717, 1.165) is 55.0 Å². The highest BCUT2D eigenvalue weighted by atomic mass is 19.1. The molecule has 0 bridgehead atoms. The number of benzene rings is 3. The molecular weight excluding hydrogens is 523 g/mol. The van der Waals surface area contributed by atoms with Crippen molar-refractivity contribution in [1.29, 1.82) is 5.26 Å². The number of hydrogen-bond donors (Lipinski definition) is 1. The normalized spacial score (nSPS) is 17.1. The highest BCUT2D eigenvalue weighted by molar-refractivity contribution is 5.92. The standard InChI is InChI=1S/C32H29FN4O4/c33-28-14-21(17-34)4-5-25(28)20-41-26-3-1-2-23(15-26)22-8-11-36(12-9-22)19-31-35-29-7-6-24(32(38)39)16-30(29)37(31)18-27-10-13-40-27/h1-8,14-16,27H,9-13,18-20H2,(H,38,39). The van der Waals surface area contributed by atoms with Crippen LogP contribution in [0.25, 0.3) is 16.6 Å². The van der Waals surface area contributed by atoms with E-state index in [1.54, 1.807) is 30.3 Å². The first-order chi connectivity index (χ1) is 20.0. The van der Waals surface area contributed by atoms with Gasteiger partial charge in [-0.15, -0.1) is 0 Å². The third kappa shape index (κ3) is 5.85. The zero-order chi connectivity index (χ0) is 28.3. The molecule has 1 unspecified atom stereocenters. The average Bonchev–Trinajstić information content (AvgIpc) is 3.30. The number of imidazole rings is 1. The van der Waals surface area contributed by atoms with E-state index in [0.29, 0.717) is 24.4 Å². The van der Waals surface area contributed by atoms with E-state index in [1.807, 2.05) is 24.3 Å². The summed E-state index contributed by atoms with van der Waals surface area (Å²) in [6.07, 6.45) is 4.17. The third-order valence-corrected chi connectivity index (χ3v) is 7.69. The Labute approximate surface area is 236 Å². The minimum atomic E-state index is -0.953. The van der Waals surface area contributed by atoms with E-state index < -0.39 is 11.8 Å². The number of carboxylic acids is 1. The van der Waals surface area contributed by atoms with Gasteiger partial charge in [0.1, 0.15) is 24.0 Å². The first-order valence-corrected chi connectivity index (χ1v) is 13.6. The molecule has 9 heteroatoms. The molecule has 1 saturated heterocycles. The summed E-state index contributed by atoms with van der Waals surface area (Å²) in [5.41, 5.74) is 4.83. The number of nitrogens with zero attached hydrogens (tertiary/aromatic N) is 4. The van der Waals surface area contributed by atoms with Crippen molar-refractivity contribution in [3.8, 4) is 11.8 Å². The number of nitriles is 1. The summed E-state index contributed by atoms with van der Waals surface area (Å²) in [7, 11) is 0. The molecule has 4 aromatic rings. The quantitative estimate of drug-likeness (QED) is 0.297. The molecule has 3 aromatic carbocycles. The van der Waals surface area contributed by atoms with Gasteiger partial charge in [-0.1, -0.05) is 24.3 Å². The van der Waals surface area contributed by atoms with Gasteiger partial charge in [-0.3, -0.25) is 4.90 Å². The zero-order valence-corrected chi connectivity index (χ0v) is 22.4. The Balaban J connectivity index is 1.14. The Hall–Kier alpha value is -4.52. The summed E-state index contributed by atoms with van der Waals surface area (Å²) in [5.74, 6) is 0.152. The Bertz CT molecular complexity index is 1690. The van der Waals surface area contributed by atoms with Gasteiger partial charge in [0.15, 0.2) is 0 Å². The summed E-state index contributed by atoms with van der Waals surface area (Å²) < 4.78 is 27.9. The topological polar surface area (TPSA) is 101 Å². The number of aromatic nitrogens is 2. The molecule has 0 spiro atoms. The lowest BCUT2D eigenvalue weighted by atomic mass is 9.99. The maximum Gasteiger partial charge on any atom is 0.335 e. The maximum absolute atomic E-state index is 14.2. The third-order valence-electron chi connectivity index (χ3n) is 7.69. The average molecular weight is 553 g/mol. The van der Waals surface area contributed by atoms with E-state index in [4.69, 9.17) is 19.7 Å². The molecule has 6 rings (SSSR count). The molecule has 2 aliphatic heterocycles. The van der Waals surface area contributed by atoms with Crippen molar-refractivity contribution in [1.82, 2.24) is 14.5 Å². The minimum absolute atomic E-state index is 0.0781. The number of fused-ring (bicyclic) bond motifs is 1. The van der Waals surface area contributed by atoms with Crippen molar-refractivity contribution in [2.75, 3.05) is 19.7 Å². The van der Waals surface area contributed by atoms with Gasteiger partial charge in [0.25, 0.3) is 0 Å². The van der Waals surface area contributed by atoms with Gasteiger partial charge in [0.05, 0.1) is 47.4 Å². The van der Waals surface area contributed by atoms with Crippen molar-refractivity contribution in [3.05, 3.63) is 101 Å². The fourth-order valence-electron chi connectivity index (χ4n) is 5.26. The number of carboxylic acid groups (broad SMARTS) is 1. The molecule has 1 atom stereocenters. The van der Waals surface area contributed by atoms with Gasteiger partial charge in [0.2, 0.25) is 0 Å². The highest BCUT2D eigenvalue weighted by Crippen LogP contribution is 2.28. The summed E-state index contributed by atoms with van der Waals surface area (Å²) >= 11 is 0. The maximum atomic E-state index is 14.2. The Morgan fingerprint density at radius 2 is 2.07 bits per heavy atom. The number of halogens is 1. The van der Waals surface area contributed by atoms with Crippen molar-refractivity contribution in [2.45, 2.75) is 38.6 Å². The molecule has 3 heterocycles. The molecule has 8 nitrogen and oxygen atoms in total. The number of carbonyl (C=O) groups is 1. The fourth-order valence-corrected chi connectivity index (χ4v) is 5.26. The molecule has 0 radical (unpaired) electrons. The molecule has 1 N–H and O–H groups in total. The number of hydrogen-bond acceptors (Lipinski definition) is 6. The van der Waals surface area contributed by atoms with Gasteiger partial charge < -0.3 is 19.1 Å². The van der Waals surface area contributed by atoms with Gasteiger partial charge in [-0.2, -0.15) is 5.26 Å². The first-order valence-electron chi connectivity index (χ1n) is 13.6. The van der Waals surface area contributed by atoms with E-state index in [9.17, 15) is 14.3 Å². The lowest BCUT2D eigenvalue weighted by Gasteiger charge is -2.29. The van der Waals surface area contributed by atoms with Crippen LogP contribution in [-0.4, -0.2) is 51.3 Å². The van der Waals surface area contributed by atoms with E-state index in [2.05, 4.69) is 21.6 Å². The molecule has 2 aliphatic rings. The van der Waals surface area contributed by atoms with Crippen molar-refractivity contribution >= 4 is 22.6 Å². The Kier molecular flexibility index (Phi) is 7.51. The molecule has 0 saturated carbocycles. The fraction of sp³-hybridized carbons (Fsp3) is 0.281. The highest BCUT2D eigenvalue weighted by Gasteiger charge is 2.24. The van der Waals surface area contributed by atoms with Crippen LogP contribution in [0.1, 0.15) is 45.7 Å². The number of ether oxygens (including phenoxy) is 2. The minimum Gasteiger partial charge on any atom is -0.489 e. The largest absolute Gasteiger partial charge is 0.489 e. The van der Waals surface area contributed by atoms with Crippen LogP contribution in [0.4, 0.5) is 4.39 Å². The molecule has 0 amide bonds. The smallest absolute Gasteiger partial charge is 0.335 e. The van der Waals surface area contributed by atoms with Gasteiger partial charge >= 0.3 is 5.97 Å². The predicted molar refractivity (Wildman–Crippen MR) is 151 cm³/mol. The van der Waals surface area contributed by atoms with Crippen LogP contribution in [0.3, 0.4) is 0 Å². The second-order valence-corrected chi connectivity index (χ2v) is 10.4. The second kappa shape index (κ2) is 11.5. The van der Waals surface area contributed by atoms with Crippen LogP contribution in [0, 0.1) is 17.1 Å². The monoisotopic (exact) mass is 552 g/mol.